The van der Waals surface area contributed by atoms with Crippen LogP contribution in [0, 0.1) is 5.92 Å². The zero-order valence-electron chi connectivity index (χ0n) is 16.2. The quantitative estimate of drug-likeness (QED) is 0.819. The monoisotopic (exact) mass is 404 g/mol. The molecule has 1 N–H and O–H groups in total. The van der Waals surface area contributed by atoms with Gasteiger partial charge in [0.25, 0.3) is 0 Å². The van der Waals surface area contributed by atoms with Gasteiger partial charge in [0.1, 0.15) is 11.4 Å². The molecule has 1 aromatic rings. The normalized spacial score (nSPS) is 20.6. The summed E-state index contributed by atoms with van der Waals surface area (Å²) in [5, 5.41) is 3.47. The molecule has 2 heterocycles. The van der Waals surface area contributed by atoms with Crippen LogP contribution in [-0.2, 0) is 4.74 Å². The van der Waals surface area contributed by atoms with Gasteiger partial charge in [0.15, 0.2) is 0 Å². The minimum atomic E-state index is -0.153. The van der Waals surface area contributed by atoms with E-state index in [1.165, 1.54) is 5.56 Å². The van der Waals surface area contributed by atoms with Gasteiger partial charge in [-0.2, -0.15) is 0 Å². The lowest BCUT2D eigenvalue weighted by Crippen LogP contribution is -2.47. The number of piperazine rings is 1. The maximum absolute atomic E-state index is 5.98. The summed E-state index contributed by atoms with van der Waals surface area (Å²) in [7, 11) is 0. The zero-order chi connectivity index (χ0) is 17.0. The van der Waals surface area contributed by atoms with E-state index >= 15 is 0 Å². The largest absolute Gasteiger partial charge is 0.488 e. The average molecular weight is 405 g/mol. The highest BCUT2D eigenvalue weighted by molar-refractivity contribution is 5.85. The molecule has 2 fully saturated rings. The van der Waals surface area contributed by atoms with Gasteiger partial charge in [-0.1, -0.05) is 12.1 Å². The second-order valence-corrected chi connectivity index (χ2v) is 7.96. The number of hydrogen-bond acceptors (Lipinski definition) is 4. The Labute approximate surface area is 170 Å². The van der Waals surface area contributed by atoms with Crippen LogP contribution in [0.4, 0.5) is 0 Å². The van der Waals surface area contributed by atoms with Crippen molar-refractivity contribution < 1.29 is 9.47 Å². The fourth-order valence-corrected chi connectivity index (χ4v) is 3.86. The molecule has 4 nitrogen and oxygen atoms in total. The molecule has 6 heteroatoms. The van der Waals surface area contributed by atoms with Crippen molar-refractivity contribution in [3.8, 4) is 5.75 Å². The van der Waals surface area contributed by atoms with Crippen LogP contribution in [0.15, 0.2) is 24.3 Å². The van der Waals surface area contributed by atoms with Gasteiger partial charge in [0.05, 0.1) is 0 Å². The molecule has 0 aliphatic carbocycles. The minimum Gasteiger partial charge on any atom is -0.488 e. The SMILES string of the molecule is CC(C)(C)Oc1ccc([C@@H](C2CCOCC2)N2CCNCC2)cc1.Cl.Cl. The molecule has 2 saturated heterocycles. The topological polar surface area (TPSA) is 33.7 Å². The fourth-order valence-electron chi connectivity index (χ4n) is 3.86. The Balaban J connectivity index is 0.00000169. The van der Waals surface area contributed by atoms with E-state index in [2.05, 4.69) is 55.3 Å². The van der Waals surface area contributed by atoms with Crippen molar-refractivity contribution in [3.05, 3.63) is 29.8 Å². The molecule has 2 aliphatic heterocycles. The first-order chi connectivity index (χ1) is 11.5. The Hall–Kier alpha value is -0.520. The van der Waals surface area contributed by atoms with Gasteiger partial charge in [0, 0.05) is 45.4 Å². The van der Waals surface area contributed by atoms with E-state index in [0.717, 1.165) is 58.0 Å². The van der Waals surface area contributed by atoms with Crippen LogP contribution < -0.4 is 10.1 Å². The zero-order valence-corrected chi connectivity index (χ0v) is 17.8. The molecule has 0 spiro atoms. The first-order valence-corrected chi connectivity index (χ1v) is 9.34. The molecular formula is C20H34Cl2N2O2. The molecule has 0 saturated carbocycles. The average Bonchev–Trinajstić information content (AvgIpc) is 2.57. The Bertz CT molecular complexity index is 490. The highest BCUT2D eigenvalue weighted by Gasteiger charge is 2.31. The minimum absolute atomic E-state index is 0. The Kier molecular flexibility index (Phi) is 9.70. The summed E-state index contributed by atoms with van der Waals surface area (Å²) in [6.07, 6.45) is 2.32. The number of nitrogens with zero attached hydrogens (tertiary/aromatic N) is 1. The number of hydrogen-bond donors (Lipinski definition) is 1. The van der Waals surface area contributed by atoms with Crippen LogP contribution in [0.25, 0.3) is 0 Å². The van der Waals surface area contributed by atoms with Crippen LogP contribution in [0.5, 0.6) is 5.75 Å². The number of ether oxygens (including phenoxy) is 2. The molecule has 3 rings (SSSR count). The second-order valence-electron chi connectivity index (χ2n) is 7.96. The molecule has 0 amide bonds. The van der Waals surface area contributed by atoms with Gasteiger partial charge in [-0.15, -0.1) is 24.8 Å². The molecule has 1 aromatic carbocycles. The number of benzene rings is 1. The van der Waals surface area contributed by atoms with Crippen LogP contribution in [-0.4, -0.2) is 49.9 Å². The van der Waals surface area contributed by atoms with Gasteiger partial charge < -0.3 is 14.8 Å². The van der Waals surface area contributed by atoms with Crippen molar-refractivity contribution in [2.45, 2.75) is 45.3 Å². The third kappa shape index (κ3) is 6.58. The van der Waals surface area contributed by atoms with Gasteiger partial charge in [0.2, 0.25) is 0 Å². The standard InChI is InChI=1S/C20H32N2O2.2ClH/c1-20(2,3)24-18-6-4-16(5-7-18)19(17-8-14-23-15-9-17)22-12-10-21-11-13-22;;/h4-7,17,19,21H,8-15H2,1-3H3;2*1H/t19-;;/m0../s1. The molecule has 2 aliphatic rings. The first kappa shape index (κ1) is 23.5. The summed E-state index contributed by atoms with van der Waals surface area (Å²) in [4.78, 5) is 2.66. The molecule has 1 atom stereocenters. The van der Waals surface area contributed by atoms with E-state index in [1.807, 2.05) is 0 Å². The fraction of sp³-hybridized carbons (Fsp3) is 0.700. The molecule has 0 bridgehead atoms. The predicted octanol–water partition coefficient (Wildman–Crippen LogP) is 4.08. The molecule has 0 unspecified atom stereocenters. The summed E-state index contributed by atoms with van der Waals surface area (Å²) in [5.41, 5.74) is 1.27. The van der Waals surface area contributed by atoms with Crippen molar-refractivity contribution in [1.82, 2.24) is 10.2 Å². The number of rotatable bonds is 4. The van der Waals surface area contributed by atoms with E-state index in [9.17, 15) is 0 Å². The van der Waals surface area contributed by atoms with E-state index in [0.29, 0.717) is 12.0 Å². The van der Waals surface area contributed by atoms with Crippen LogP contribution in [0.2, 0.25) is 0 Å². The van der Waals surface area contributed by atoms with Gasteiger partial charge in [-0.25, -0.2) is 0 Å². The lowest BCUT2D eigenvalue weighted by Gasteiger charge is -2.41. The lowest BCUT2D eigenvalue weighted by atomic mass is 9.85. The van der Waals surface area contributed by atoms with Crippen molar-refractivity contribution in [2.75, 3.05) is 39.4 Å². The van der Waals surface area contributed by atoms with Crippen molar-refractivity contribution in [2.24, 2.45) is 5.92 Å². The predicted molar refractivity (Wildman–Crippen MR) is 112 cm³/mol. The lowest BCUT2D eigenvalue weighted by molar-refractivity contribution is 0.0212. The highest BCUT2D eigenvalue weighted by atomic mass is 35.5. The smallest absolute Gasteiger partial charge is 0.120 e. The van der Waals surface area contributed by atoms with Gasteiger partial charge in [-0.3, -0.25) is 4.90 Å². The second kappa shape index (κ2) is 10.7. The Morgan fingerprint density at radius 1 is 1.04 bits per heavy atom. The van der Waals surface area contributed by atoms with E-state index in [4.69, 9.17) is 9.47 Å². The third-order valence-corrected chi connectivity index (χ3v) is 4.90. The third-order valence-electron chi connectivity index (χ3n) is 4.90. The van der Waals surface area contributed by atoms with Crippen molar-refractivity contribution in [3.63, 3.8) is 0 Å². The van der Waals surface area contributed by atoms with Crippen molar-refractivity contribution >= 4 is 24.8 Å². The molecule has 26 heavy (non-hydrogen) atoms. The summed E-state index contributed by atoms with van der Waals surface area (Å²) < 4.78 is 11.6. The van der Waals surface area contributed by atoms with Crippen LogP contribution >= 0.6 is 24.8 Å². The Morgan fingerprint density at radius 2 is 1.62 bits per heavy atom. The molecule has 0 radical (unpaired) electrons. The summed E-state index contributed by atoms with van der Waals surface area (Å²) in [6, 6.07) is 9.30. The number of halogens is 2. The maximum atomic E-state index is 5.98. The van der Waals surface area contributed by atoms with E-state index < -0.39 is 0 Å². The van der Waals surface area contributed by atoms with Gasteiger partial charge >= 0.3 is 0 Å². The van der Waals surface area contributed by atoms with Gasteiger partial charge in [-0.05, 0) is 57.2 Å². The number of nitrogens with one attached hydrogen (secondary N) is 1. The highest BCUT2D eigenvalue weighted by Crippen LogP contribution is 2.36. The first-order valence-electron chi connectivity index (χ1n) is 9.34. The molecular weight excluding hydrogens is 371 g/mol. The summed E-state index contributed by atoms with van der Waals surface area (Å²) in [5.74, 6) is 1.64. The van der Waals surface area contributed by atoms with Crippen molar-refractivity contribution in [1.29, 1.82) is 0 Å². The summed E-state index contributed by atoms with van der Waals surface area (Å²) >= 11 is 0. The maximum Gasteiger partial charge on any atom is 0.120 e. The Morgan fingerprint density at radius 3 is 2.15 bits per heavy atom. The van der Waals surface area contributed by atoms with E-state index in [-0.39, 0.29) is 30.4 Å². The van der Waals surface area contributed by atoms with Crippen LogP contribution in [0.1, 0.15) is 45.2 Å². The summed E-state index contributed by atoms with van der Waals surface area (Å²) in [6.45, 7) is 12.5. The molecule has 0 aromatic heterocycles. The van der Waals surface area contributed by atoms with Crippen LogP contribution in [0.3, 0.4) is 0 Å². The van der Waals surface area contributed by atoms with E-state index in [1.54, 1.807) is 0 Å². The molecule has 150 valence electrons.